The zero-order valence-electron chi connectivity index (χ0n) is 14.6. The summed E-state index contributed by atoms with van der Waals surface area (Å²) in [5.41, 5.74) is 2.54. The average Bonchev–Trinajstić information content (AvgIpc) is 2.64. The minimum absolute atomic E-state index is 0. The van der Waals surface area contributed by atoms with Gasteiger partial charge in [-0.25, -0.2) is 4.79 Å². The highest BCUT2D eigenvalue weighted by Crippen LogP contribution is 2.09. The van der Waals surface area contributed by atoms with Gasteiger partial charge in [0, 0.05) is 31.1 Å². The summed E-state index contributed by atoms with van der Waals surface area (Å²) in [6, 6.07) is 13.1. The quantitative estimate of drug-likeness (QED) is 0.406. The van der Waals surface area contributed by atoms with Crippen LogP contribution in [0.25, 0.3) is 12.2 Å². The molecule has 0 radical (unpaired) electrons. The van der Waals surface area contributed by atoms with Crippen molar-refractivity contribution in [1.82, 2.24) is 0 Å². The Hall–Kier alpha value is -2.66. The van der Waals surface area contributed by atoms with E-state index in [1.165, 1.54) is 7.11 Å². The fraction of sp³-hybridized carbons (Fsp3) is 0.250. The lowest BCUT2D eigenvalue weighted by Crippen LogP contribution is -3.00. The number of esters is 1. The molecule has 0 aliphatic heterocycles. The van der Waals surface area contributed by atoms with Gasteiger partial charge in [0.15, 0.2) is 6.20 Å². The van der Waals surface area contributed by atoms with E-state index in [0.717, 1.165) is 24.2 Å². The first-order valence-electron chi connectivity index (χ1n) is 8.17. The molecule has 26 heavy (non-hydrogen) atoms. The number of aromatic nitrogens is 1. The summed E-state index contributed by atoms with van der Waals surface area (Å²) in [6.07, 6.45) is 7.64. The van der Waals surface area contributed by atoms with Crippen LogP contribution in [0.15, 0.2) is 48.7 Å². The third-order valence-corrected chi connectivity index (χ3v) is 3.79. The van der Waals surface area contributed by atoms with E-state index in [2.05, 4.69) is 9.30 Å². The van der Waals surface area contributed by atoms with Gasteiger partial charge in [-0.1, -0.05) is 12.1 Å². The largest absolute Gasteiger partial charge is 1.00 e. The molecular formula is C20H22ClNO4. The maximum Gasteiger partial charge on any atom is 0.337 e. The van der Waals surface area contributed by atoms with E-state index < -0.39 is 5.97 Å². The van der Waals surface area contributed by atoms with Crippen LogP contribution >= 0.6 is 0 Å². The van der Waals surface area contributed by atoms with Crippen LogP contribution in [0.3, 0.4) is 0 Å². The van der Waals surface area contributed by atoms with Crippen molar-refractivity contribution >= 4 is 24.1 Å². The average molecular weight is 376 g/mol. The smallest absolute Gasteiger partial charge is 0.337 e. The number of rotatable bonds is 8. The highest BCUT2D eigenvalue weighted by molar-refractivity contribution is 5.89. The predicted octanol–water partition coefficient (Wildman–Crippen LogP) is 0.190. The maximum absolute atomic E-state index is 11.4. The number of carboxylic acids is 1. The number of halogens is 1. The molecule has 0 aliphatic carbocycles. The summed E-state index contributed by atoms with van der Waals surface area (Å²) in [7, 11) is 1.36. The number of hydrogen-bond acceptors (Lipinski definition) is 3. The number of aliphatic carboxylic acids is 1. The Kier molecular flexibility index (Phi) is 9.09. The zero-order chi connectivity index (χ0) is 18.1. The van der Waals surface area contributed by atoms with Crippen LogP contribution in [0, 0.1) is 0 Å². The standard InChI is InChI=1S/C20H21NO4.ClH/c1-25-20(24)17-11-8-16(9-12-17)10-13-18-6-2-4-14-21(18)15-5-3-7-19(22)23;/h2,4,6,8-14H,3,5,7,15H2,1H3;1H/b13-10+;. The molecule has 1 aromatic heterocycles. The molecule has 0 amide bonds. The van der Waals surface area contributed by atoms with Gasteiger partial charge in [0.1, 0.15) is 6.54 Å². The summed E-state index contributed by atoms with van der Waals surface area (Å²) in [4.78, 5) is 22.0. The Morgan fingerprint density at radius 3 is 2.46 bits per heavy atom. The second-order valence-electron chi connectivity index (χ2n) is 5.62. The molecule has 138 valence electrons. The molecule has 0 spiro atoms. The number of nitrogens with zero attached hydrogens (tertiary/aromatic N) is 1. The Labute approximate surface area is 159 Å². The fourth-order valence-electron chi connectivity index (χ4n) is 2.43. The van der Waals surface area contributed by atoms with E-state index in [1.54, 1.807) is 12.1 Å². The minimum Gasteiger partial charge on any atom is -1.00 e. The van der Waals surface area contributed by atoms with Gasteiger partial charge >= 0.3 is 11.9 Å². The second-order valence-corrected chi connectivity index (χ2v) is 5.62. The number of aryl methyl sites for hydroxylation is 1. The Morgan fingerprint density at radius 1 is 1.08 bits per heavy atom. The number of methoxy groups -OCH3 is 1. The van der Waals surface area contributed by atoms with Crippen LogP contribution in [0.2, 0.25) is 0 Å². The number of carbonyl (C=O) groups is 2. The van der Waals surface area contributed by atoms with Crippen molar-refractivity contribution in [2.75, 3.05) is 7.11 Å². The van der Waals surface area contributed by atoms with Gasteiger partial charge < -0.3 is 22.3 Å². The minimum atomic E-state index is -0.756. The van der Waals surface area contributed by atoms with Crippen LogP contribution in [0.1, 0.15) is 40.9 Å². The molecule has 2 aromatic rings. The first kappa shape index (κ1) is 21.4. The van der Waals surface area contributed by atoms with Gasteiger partial charge in [0.25, 0.3) is 0 Å². The predicted molar refractivity (Wildman–Crippen MR) is 94.8 cm³/mol. The van der Waals surface area contributed by atoms with Crippen molar-refractivity contribution < 1.29 is 36.4 Å². The number of unbranched alkanes of at least 4 members (excludes halogenated alkanes) is 1. The molecule has 0 unspecified atom stereocenters. The van der Waals surface area contributed by atoms with E-state index in [9.17, 15) is 9.59 Å². The number of carbonyl (C=O) groups excluding carboxylic acids is 1. The van der Waals surface area contributed by atoms with Crippen LogP contribution in [0.4, 0.5) is 0 Å². The fourth-order valence-corrected chi connectivity index (χ4v) is 2.43. The molecule has 1 aromatic carbocycles. The van der Waals surface area contributed by atoms with Gasteiger partial charge in [-0.15, -0.1) is 0 Å². The summed E-state index contributed by atoms with van der Waals surface area (Å²) in [5.74, 6) is -1.11. The van der Waals surface area contributed by atoms with Gasteiger partial charge in [-0.05, 0) is 36.3 Å². The van der Waals surface area contributed by atoms with E-state index in [0.29, 0.717) is 12.0 Å². The molecule has 0 fully saturated rings. The first-order chi connectivity index (χ1) is 12.1. The highest BCUT2D eigenvalue weighted by atomic mass is 35.5. The Balaban J connectivity index is 0.00000338. The topological polar surface area (TPSA) is 67.5 Å². The van der Waals surface area contributed by atoms with Crippen molar-refractivity contribution in [2.24, 2.45) is 0 Å². The zero-order valence-corrected chi connectivity index (χ0v) is 15.4. The van der Waals surface area contributed by atoms with E-state index in [4.69, 9.17) is 5.11 Å². The van der Waals surface area contributed by atoms with E-state index in [1.807, 2.05) is 48.7 Å². The molecule has 0 saturated carbocycles. The van der Waals surface area contributed by atoms with Gasteiger partial charge in [0.2, 0.25) is 5.69 Å². The molecule has 0 bridgehead atoms. The monoisotopic (exact) mass is 375 g/mol. The van der Waals surface area contributed by atoms with Crippen molar-refractivity contribution in [2.45, 2.75) is 25.8 Å². The van der Waals surface area contributed by atoms with Gasteiger partial charge in [-0.3, -0.25) is 4.79 Å². The summed E-state index contributed by atoms with van der Waals surface area (Å²) in [6.45, 7) is 0.773. The lowest BCUT2D eigenvalue weighted by atomic mass is 10.1. The van der Waals surface area contributed by atoms with Gasteiger partial charge in [0.05, 0.1) is 12.7 Å². The second kappa shape index (κ2) is 11.1. The third-order valence-electron chi connectivity index (χ3n) is 3.79. The number of carboxylic acid groups (broad SMARTS) is 1. The highest BCUT2D eigenvalue weighted by Gasteiger charge is 2.07. The van der Waals surface area contributed by atoms with Gasteiger partial charge in [-0.2, -0.15) is 4.57 Å². The Morgan fingerprint density at radius 2 is 1.81 bits per heavy atom. The molecular weight excluding hydrogens is 354 g/mol. The first-order valence-corrected chi connectivity index (χ1v) is 8.17. The van der Waals surface area contributed by atoms with Crippen LogP contribution in [-0.2, 0) is 16.1 Å². The number of ether oxygens (including phenoxy) is 1. The molecule has 6 heteroatoms. The lowest BCUT2D eigenvalue weighted by molar-refractivity contribution is -0.699. The summed E-state index contributed by atoms with van der Waals surface area (Å²) < 4.78 is 6.78. The summed E-state index contributed by atoms with van der Waals surface area (Å²) >= 11 is 0. The van der Waals surface area contributed by atoms with Crippen molar-refractivity contribution in [3.8, 4) is 0 Å². The molecule has 0 atom stereocenters. The normalized spacial score (nSPS) is 10.3. The number of pyridine rings is 1. The molecule has 1 heterocycles. The number of hydrogen-bond donors (Lipinski definition) is 1. The van der Waals surface area contributed by atoms with Crippen molar-refractivity contribution in [3.63, 3.8) is 0 Å². The lowest BCUT2D eigenvalue weighted by Gasteiger charge is -2.01. The molecule has 0 aliphatic rings. The number of benzene rings is 1. The molecule has 2 rings (SSSR count). The van der Waals surface area contributed by atoms with E-state index in [-0.39, 0.29) is 24.8 Å². The molecule has 1 N–H and O–H groups in total. The summed E-state index contributed by atoms with van der Waals surface area (Å²) in [5, 5.41) is 8.70. The van der Waals surface area contributed by atoms with Crippen molar-refractivity contribution in [1.29, 1.82) is 0 Å². The molecule has 0 saturated heterocycles. The van der Waals surface area contributed by atoms with E-state index >= 15 is 0 Å². The van der Waals surface area contributed by atoms with Crippen LogP contribution in [0.5, 0.6) is 0 Å². The van der Waals surface area contributed by atoms with Crippen LogP contribution in [-0.4, -0.2) is 24.2 Å². The molecule has 5 nitrogen and oxygen atoms in total. The SMILES string of the molecule is COC(=O)c1ccc(/C=C/c2cccc[n+]2CCCCC(=O)O)cc1.[Cl-]. The van der Waals surface area contributed by atoms with Crippen molar-refractivity contribution in [3.05, 3.63) is 65.5 Å². The van der Waals surface area contributed by atoms with Crippen LogP contribution < -0.4 is 17.0 Å². The Bertz CT molecular complexity index is 757. The maximum atomic E-state index is 11.4. The third kappa shape index (κ3) is 6.69.